The number of piperidine rings is 1. The molecule has 2 aliphatic carbocycles. The van der Waals surface area contributed by atoms with Gasteiger partial charge in [-0.3, -0.25) is 4.79 Å². The number of hydrogen-bond donors (Lipinski definition) is 1. The lowest BCUT2D eigenvalue weighted by Crippen LogP contribution is -2.76. The zero-order valence-corrected chi connectivity index (χ0v) is 14.1. The highest BCUT2D eigenvalue weighted by Gasteiger charge is 2.72. The summed E-state index contributed by atoms with van der Waals surface area (Å²) in [7, 11) is 2.09. The molecule has 4 heteroatoms. The Bertz CT molecular complexity index is 673. The van der Waals surface area contributed by atoms with Gasteiger partial charge in [0.15, 0.2) is 11.9 Å². The molecule has 1 saturated heterocycles. The number of hydrogen-bond acceptors (Lipinski definition) is 4. The van der Waals surface area contributed by atoms with Crippen LogP contribution in [0.3, 0.4) is 0 Å². The summed E-state index contributed by atoms with van der Waals surface area (Å²) in [6.45, 7) is 4.91. The van der Waals surface area contributed by atoms with Crippen LogP contribution in [0.2, 0.25) is 0 Å². The number of nitrogens with zero attached hydrogens (tertiary/aromatic N) is 1. The maximum Gasteiger partial charge on any atom is 0.174 e. The lowest BCUT2D eigenvalue weighted by Gasteiger charge is -2.62. The highest BCUT2D eigenvalue weighted by atomic mass is 16.5. The Morgan fingerprint density at radius 1 is 1.30 bits per heavy atom. The fraction of sp³-hybridized carbons (Fsp3) is 0.632. The number of ketones is 1. The third kappa shape index (κ3) is 1.56. The molecule has 5 rings (SSSR count). The predicted molar refractivity (Wildman–Crippen MR) is 87.8 cm³/mol. The van der Waals surface area contributed by atoms with Crippen molar-refractivity contribution in [3.8, 4) is 5.75 Å². The van der Waals surface area contributed by atoms with Gasteiger partial charge in [-0.1, -0.05) is 26.0 Å². The molecule has 4 atom stereocenters. The molecule has 23 heavy (non-hydrogen) atoms. The molecule has 2 bridgehead atoms. The van der Waals surface area contributed by atoms with Crippen LogP contribution in [0.1, 0.15) is 44.2 Å². The lowest BCUT2D eigenvalue weighted by atomic mass is 9.49. The van der Waals surface area contributed by atoms with Gasteiger partial charge >= 0.3 is 0 Å². The van der Waals surface area contributed by atoms with Crippen LogP contribution in [0, 0.1) is 0 Å². The van der Waals surface area contributed by atoms with Crippen molar-refractivity contribution in [2.45, 2.75) is 62.7 Å². The van der Waals surface area contributed by atoms with Gasteiger partial charge in [0.05, 0.1) is 11.0 Å². The van der Waals surface area contributed by atoms with Crippen LogP contribution in [0.4, 0.5) is 0 Å². The van der Waals surface area contributed by atoms with E-state index in [4.69, 9.17) is 4.74 Å². The summed E-state index contributed by atoms with van der Waals surface area (Å²) >= 11 is 0. The van der Waals surface area contributed by atoms with Gasteiger partial charge in [-0.2, -0.15) is 0 Å². The molecule has 1 spiro atoms. The Morgan fingerprint density at radius 3 is 2.87 bits per heavy atom. The van der Waals surface area contributed by atoms with Gasteiger partial charge in [-0.25, -0.2) is 0 Å². The Kier molecular flexibility index (Phi) is 3.17. The second-order valence-corrected chi connectivity index (χ2v) is 7.10. The number of rotatable bonds is 0. The summed E-state index contributed by atoms with van der Waals surface area (Å²) in [6.07, 6.45) is 2.16. The molecule has 4 nitrogen and oxygen atoms in total. The molecule has 1 aromatic carbocycles. The van der Waals surface area contributed by atoms with Crippen LogP contribution in [0.5, 0.6) is 5.75 Å². The summed E-state index contributed by atoms with van der Waals surface area (Å²) in [5, 5.41) is 11.6. The molecule has 0 aromatic heterocycles. The fourth-order valence-corrected chi connectivity index (χ4v) is 5.50. The highest BCUT2D eigenvalue weighted by molar-refractivity contribution is 5.89. The maximum absolute atomic E-state index is 12.5. The molecule has 2 fully saturated rings. The van der Waals surface area contributed by atoms with E-state index in [1.54, 1.807) is 0 Å². The molecule has 0 amide bonds. The Hall–Kier alpha value is -1.39. The van der Waals surface area contributed by atoms with Crippen molar-refractivity contribution >= 4 is 5.78 Å². The van der Waals surface area contributed by atoms with Crippen molar-refractivity contribution < 1.29 is 14.6 Å². The zero-order chi connectivity index (χ0) is 16.4. The van der Waals surface area contributed by atoms with Gasteiger partial charge in [-0.15, -0.1) is 0 Å². The van der Waals surface area contributed by atoms with E-state index in [-0.39, 0.29) is 11.8 Å². The predicted octanol–water partition coefficient (Wildman–Crippen LogP) is 2.07. The third-order valence-electron chi connectivity index (χ3n) is 6.42. The van der Waals surface area contributed by atoms with Crippen LogP contribution in [0.25, 0.3) is 0 Å². The summed E-state index contributed by atoms with van der Waals surface area (Å²) in [4.78, 5) is 14.8. The topological polar surface area (TPSA) is 49.8 Å². The number of aliphatic hydroxyl groups is 1. The molecule has 0 radical (unpaired) electrons. The van der Waals surface area contributed by atoms with E-state index in [9.17, 15) is 9.90 Å². The Morgan fingerprint density at radius 2 is 2.09 bits per heavy atom. The van der Waals surface area contributed by atoms with Crippen molar-refractivity contribution in [3.05, 3.63) is 29.3 Å². The van der Waals surface area contributed by atoms with Crippen LogP contribution >= 0.6 is 0 Å². The van der Waals surface area contributed by atoms with Crippen molar-refractivity contribution in [1.82, 2.24) is 4.90 Å². The first kappa shape index (κ1) is 15.2. The van der Waals surface area contributed by atoms with Gasteiger partial charge in [0.1, 0.15) is 5.75 Å². The van der Waals surface area contributed by atoms with Crippen molar-refractivity contribution in [1.29, 1.82) is 0 Å². The summed E-state index contributed by atoms with van der Waals surface area (Å²) < 4.78 is 6.06. The van der Waals surface area contributed by atoms with E-state index in [1.165, 1.54) is 5.56 Å². The van der Waals surface area contributed by atoms with Gasteiger partial charge in [0, 0.05) is 18.0 Å². The standard InChI is InChI=1S/C17H19NO3.C2H6/c1-18-8-7-16-14-10-3-2-4-12(14)21-15(16)11(19)5-6-17(16,20)13(18)9-10;1-2/h2-4,13,15,20H,5-9H2,1H3;1-2H3. The number of ether oxygens (including phenoxy) is 1. The minimum absolute atomic E-state index is 0.0892. The zero-order valence-electron chi connectivity index (χ0n) is 14.1. The second-order valence-electron chi connectivity index (χ2n) is 7.10. The lowest BCUT2D eigenvalue weighted by molar-refractivity contribution is -0.185. The van der Waals surface area contributed by atoms with E-state index in [0.29, 0.717) is 12.8 Å². The minimum Gasteiger partial charge on any atom is -0.481 e. The first-order chi connectivity index (χ1) is 11.1. The molecule has 1 saturated carbocycles. The van der Waals surface area contributed by atoms with E-state index < -0.39 is 17.1 Å². The SMILES string of the molecule is CC.CN1CCC23c4c5cccc4OC2C(=O)CCC3(O)C1C5. The van der Waals surface area contributed by atoms with E-state index in [2.05, 4.69) is 18.0 Å². The summed E-state index contributed by atoms with van der Waals surface area (Å²) in [5.74, 6) is 0.987. The second kappa shape index (κ2) is 4.81. The van der Waals surface area contributed by atoms with Gasteiger partial charge in [0.25, 0.3) is 0 Å². The molecular weight excluding hydrogens is 290 g/mol. The van der Waals surface area contributed by atoms with E-state index in [1.807, 2.05) is 26.0 Å². The van der Waals surface area contributed by atoms with Crippen molar-refractivity contribution in [3.63, 3.8) is 0 Å². The van der Waals surface area contributed by atoms with Gasteiger partial charge in [-0.05, 0) is 44.5 Å². The van der Waals surface area contributed by atoms with E-state index in [0.717, 1.165) is 30.7 Å². The van der Waals surface area contributed by atoms with E-state index >= 15 is 0 Å². The normalized spacial score (nSPS) is 39.9. The van der Waals surface area contributed by atoms with Crippen molar-refractivity contribution in [2.24, 2.45) is 0 Å². The smallest absolute Gasteiger partial charge is 0.174 e. The first-order valence-corrected chi connectivity index (χ1v) is 8.82. The molecule has 4 unspecified atom stereocenters. The average molecular weight is 315 g/mol. The van der Waals surface area contributed by atoms with Crippen LogP contribution in [-0.4, -0.2) is 47.1 Å². The molecule has 124 valence electrons. The number of likely N-dealkylation sites (N-methyl/N-ethyl adjacent to an activating group) is 1. The van der Waals surface area contributed by atoms with Crippen LogP contribution < -0.4 is 4.74 Å². The van der Waals surface area contributed by atoms with Crippen molar-refractivity contribution in [2.75, 3.05) is 13.6 Å². The average Bonchev–Trinajstić information content (AvgIpc) is 2.91. The third-order valence-corrected chi connectivity index (χ3v) is 6.42. The van der Waals surface area contributed by atoms with Gasteiger partial charge < -0.3 is 14.7 Å². The number of Topliss-reactive ketones (excluding diaryl/α,β-unsaturated/α-hetero) is 1. The van der Waals surface area contributed by atoms with Crippen LogP contribution in [0.15, 0.2) is 18.2 Å². The number of likely N-dealkylation sites (tertiary alicyclic amines) is 1. The van der Waals surface area contributed by atoms with Gasteiger partial charge in [0.2, 0.25) is 0 Å². The molecule has 4 aliphatic rings. The Balaban J connectivity index is 0.000000652. The molecule has 2 heterocycles. The Labute approximate surface area is 137 Å². The summed E-state index contributed by atoms with van der Waals surface area (Å²) in [5.41, 5.74) is 1.04. The highest BCUT2D eigenvalue weighted by Crippen LogP contribution is 2.62. The monoisotopic (exact) mass is 315 g/mol. The molecular formula is C19H25NO3. The number of carbonyl (C=O) groups excluding carboxylic acids is 1. The molecule has 2 aliphatic heterocycles. The maximum atomic E-state index is 12.5. The number of benzene rings is 1. The number of carbonyl (C=O) groups is 1. The minimum atomic E-state index is -0.835. The molecule has 1 N–H and O–H groups in total. The first-order valence-electron chi connectivity index (χ1n) is 8.82. The largest absolute Gasteiger partial charge is 0.481 e. The summed E-state index contributed by atoms with van der Waals surface area (Å²) in [6, 6.07) is 6.19. The fourth-order valence-electron chi connectivity index (χ4n) is 5.50. The quantitative estimate of drug-likeness (QED) is 0.796. The molecule has 1 aromatic rings. The van der Waals surface area contributed by atoms with Crippen LogP contribution in [-0.2, 0) is 16.6 Å².